The van der Waals surface area contributed by atoms with Gasteiger partial charge in [-0.25, -0.2) is 13.1 Å². The molecule has 0 saturated carbocycles. The van der Waals surface area contributed by atoms with Crippen LogP contribution < -0.4 is 11.5 Å². The van der Waals surface area contributed by atoms with Crippen molar-refractivity contribution >= 4 is 15.8 Å². The Balaban J connectivity index is 2.65. The van der Waals surface area contributed by atoms with Crippen molar-refractivity contribution in [3.05, 3.63) is 5.82 Å². The van der Waals surface area contributed by atoms with E-state index in [9.17, 15) is 8.42 Å². The average Bonchev–Trinajstić information content (AvgIpc) is 2.42. The van der Waals surface area contributed by atoms with Gasteiger partial charge in [-0.3, -0.25) is 0 Å². The van der Waals surface area contributed by atoms with Crippen molar-refractivity contribution in [3.8, 4) is 0 Å². The Hall–Kier alpha value is -1.15. The molecule has 0 fully saturated rings. The molecule has 0 amide bonds. The topological polar surface area (TPSA) is 117 Å². The van der Waals surface area contributed by atoms with Gasteiger partial charge in [0.15, 0.2) is 5.82 Å². The molecule has 0 aliphatic heterocycles. The minimum absolute atomic E-state index is 0.0202. The lowest BCUT2D eigenvalue weighted by Gasteiger charge is -2.05. The molecule has 1 atom stereocenters. The van der Waals surface area contributed by atoms with Crippen LogP contribution in [0.4, 0.5) is 5.95 Å². The van der Waals surface area contributed by atoms with Crippen molar-refractivity contribution in [1.29, 1.82) is 0 Å². The van der Waals surface area contributed by atoms with Crippen LogP contribution in [0.3, 0.4) is 0 Å². The largest absolute Gasteiger partial charge is 0.368 e. The third kappa shape index (κ3) is 3.48. The molecule has 0 aromatic carbocycles. The van der Waals surface area contributed by atoms with Gasteiger partial charge in [-0.2, -0.15) is 10.1 Å². The molecule has 15 heavy (non-hydrogen) atoms. The first kappa shape index (κ1) is 11.9. The maximum Gasteiger partial charge on any atom is 0.218 e. The van der Waals surface area contributed by atoms with Crippen molar-refractivity contribution in [2.45, 2.75) is 12.5 Å². The van der Waals surface area contributed by atoms with E-state index in [-0.39, 0.29) is 11.7 Å². The van der Waals surface area contributed by atoms with Crippen molar-refractivity contribution in [2.24, 2.45) is 12.8 Å². The number of nitrogen functional groups attached to an aromatic ring is 1. The third-order valence-corrected chi connectivity index (χ3v) is 2.92. The molecule has 7 nitrogen and oxygen atoms in total. The third-order valence-electron chi connectivity index (χ3n) is 1.94. The molecular formula is C7H15N5O2S. The molecule has 0 bridgehead atoms. The highest BCUT2D eigenvalue weighted by atomic mass is 32.2. The van der Waals surface area contributed by atoms with Crippen molar-refractivity contribution in [2.75, 3.05) is 17.7 Å². The Bertz CT molecular complexity index is 419. The highest BCUT2D eigenvalue weighted by Gasteiger charge is 2.15. The molecule has 1 heterocycles. The molecule has 1 aromatic rings. The summed E-state index contributed by atoms with van der Waals surface area (Å²) >= 11 is 0. The molecule has 0 aliphatic rings. The highest BCUT2D eigenvalue weighted by molar-refractivity contribution is 7.90. The number of nitrogens with two attached hydrogens (primary N) is 2. The lowest BCUT2D eigenvalue weighted by Crippen LogP contribution is -2.17. The number of hydrogen-bond donors (Lipinski definition) is 2. The number of aromatic nitrogens is 3. The van der Waals surface area contributed by atoms with Gasteiger partial charge in [0, 0.05) is 13.3 Å². The quantitative estimate of drug-likeness (QED) is 0.677. The van der Waals surface area contributed by atoms with E-state index in [1.54, 1.807) is 7.05 Å². The van der Waals surface area contributed by atoms with Gasteiger partial charge in [0.1, 0.15) is 9.84 Å². The molecule has 1 rings (SSSR count). The van der Waals surface area contributed by atoms with Gasteiger partial charge in [0.05, 0.1) is 11.8 Å². The number of nitrogens with zero attached hydrogens (tertiary/aromatic N) is 3. The fourth-order valence-corrected chi connectivity index (χ4v) is 1.73. The lowest BCUT2D eigenvalue weighted by atomic mass is 10.2. The summed E-state index contributed by atoms with van der Waals surface area (Å²) in [4.78, 5) is 3.92. The predicted octanol–water partition coefficient (Wildman–Crippen LogP) is -1.17. The number of anilines is 1. The van der Waals surface area contributed by atoms with Crippen LogP contribution in [-0.2, 0) is 16.9 Å². The molecule has 1 aromatic heterocycles. The molecular weight excluding hydrogens is 218 g/mol. The molecule has 1 unspecified atom stereocenters. The maximum absolute atomic E-state index is 10.9. The van der Waals surface area contributed by atoms with Crippen LogP contribution in [0.2, 0.25) is 0 Å². The number of aryl methyl sites for hydroxylation is 1. The maximum atomic E-state index is 10.9. The van der Waals surface area contributed by atoms with E-state index in [1.165, 1.54) is 10.9 Å². The summed E-state index contributed by atoms with van der Waals surface area (Å²) in [5.41, 5.74) is 11.2. The summed E-state index contributed by atoms with van der Waals surface area (Å²) in [7, 11) is -1.36. The van der Waals surface area contributed by atoms with E-state index in [1.807, 2.05) is 0 Å². The molecule has 0 spiro atoms. The Labute approximate surface area is 88.4 Å². The van der Waals surface area contributed by atoms with Gasteiger partial charge in [-0.05, 0) is 6.42 Å². The predicted molar refractivity (Wildman–Crippen MR) is 56.7 cm³/mol. The average molecular weight is 233 g/mol. The zero-order valence-corrected chi connectivity index (χ0v) is 9.53. The Kier molecular flexibility index (Phi) is 3.30. The summed E-state index contributed by atoms with van der Waals surface area (Å²) in [6, 6.07) is -0.497. The van der Waals surface area contributed by atoms with Gasteiger partial charge in [0.25, 0.3) is 0 Å². The van der Waals surface area contributed by atoms with Crippen LogP contribution in [0.5, 0.6) is 0 Å². The SMILES string of the molecule is Cn1nc(C(N)CCS(C)(=O)=O)nc1N. The summed E-state index contributed by atoms with van der Waals surface area (Å²) in [5, 5.41) is 3.97. The molecule has 4 N–H and O–H groups in total. The van der Waals surface area contributed by atoms with Crippen LogP contribution >= 0.6 is 0 Å². The van der Waals surface area contributed by atoms with Gasteiger partial charge in [0.2, 0.25) is 5.95 Å². The second-order valence-corrected chi connectivity index (χ2v) is 5.74. The van der Waals surface area contributed by atoms with Gasteiger partial charge < -0.3 is 11.5 Å². The first-order chi connectivity index (χ1) is 6.79. The van der Waals surface area contributed by atoms with E-state index < -0.39 is 15.9 Å². The Morgan fingerprint density at radius 3 is 2.53 bits per heavy atom. The van der Waals surface area contributed by atoms with Crippen LogP contribution in [0, 0.1) is 0 Å². The zero-order valence-electron chi connectivity index (χ0n) is 8.71. The number of sulfone groups is 1. The molecule has 86 valence electrons. The summed E-state index contributed by atoms with van der Waals surface area (Å²) in [6.07, 6.45) is 1.46. The molecule has 0 radical (unpaired) electrons. The monoisotopic (exact) mass is 233 g/mol. The standard InChI is InChI=1S/C7H15N5O2S/c1-12-7(9)10-6(11-12)5(8)3-4-15(2,13)14/h5H,3-4,8H2,1-2H3,(H2,9,10,11). The Morgan fingerprint density at radius 2 is 2.13 bits per heavy atom. The fraction of sp³-hybridized carbons (Fsp3) is 0.714. The van der Waals surface area contributed by atoms with Gasteiger partial charge in [-0.15, -0.1) is 0 Å². The van der Waals surface area contributed by atoms with E-state index in [4.69, 9.17) is 11.5 Å². The van der Waals surface area contributed by atoms with Crippen LogP contribution in [0.15, 0.2) is 0 Å². The van der Waals surface area contributed by atoms with E-state index >= 15 is 0 Å². The number of hydrogen-bond acceptors (Lipinski definition) is 6. The van der Waals surface area contributed by atoms with Gasteiger partial charge >= 0.3 is 0 Å². The minimum atomic E-state index is -3.00. The molecule has 8 heteroatoms. The van der Waals surface area contributed by atoms with Crippen LogP contribution in [-0.4, -0.2) is 35.2 Å². The smallest absolute Gasteiger partial charge is 0.218 e. The van der Waals surface area contributed by atoms with Crippen molar-refractivity contribution in [1.82, 2.24) is 14.8 Å². The van der Waals surface area contributed by atoms with E-state index in [0.29, 0.717) is 12.2 Å². The van der Waals surface area contributed by atoms with Crippen LogP contribution in [0.25, 0.3) is 0 Å². The van der Waals surface area contributed by atoms with Crippen molar-refractivity contribution in [3.63, 3.8) is 0 Å². The van der Waals surface area contributed by atoms with Crippen molar-refractivity contribution < 1.29 is 8.42 Å². The normalized spacial score (nSPS) is 14.1. The second kappa shape index (κ2) is 4.15. The first-order valence-corrected chi connectivity index (χ1v) is 6.45. The fourth-order valence-electron chi connectivity index (χ4n) is 1.04. The Morgan fingerprint density at radius 1 is 1.53 bits per heavy atom. The molecule has 0 aliphatic carbocycles. The minimum Gasteiger partial charge on any atom is -0.368 e. The summed E-state index contributed by atoms with van der Waals surface area (Å²) in [5.74, 6) is 0.658. The van der Waals surface area contributed by atoms with E-state index in [0.717, 1.165) is 0 Å². The van der Waals surface area contributed by atoms with E-state index in [2.05, 4.69) is 10.1 Å². The zero-order chi connectivity index (χ0) is 11.6. The summed E-state index contributed by atoms with van der Waals surface area (Å²) < 4.78 is 23.2. The van der Waals surface area contributed by atoms with Crippen LogP contribution in [0.1, 0.15) is 18.3 Å². The first-order valence-electron chi connectivity index (χ1n) is 4.39. The number of rotatable bonds is 4. The lowest BCUT2D eigenvalue weighted by molar-refractivity contribution is 0.584. The van der Waals surface area contributed by atoms with Gasteiger partial charge in [-0.1, -0.05) is 0 Å². The molecule has 0 saturated heterocycles. The highest BCUT2D eigenvalue weighted by Crippen LogP contribution is 2.11. The second-order valence-electron chi connectivity index (χ2n) is 3.48. The summed E-state index contributed by atoms with van der Waals surface area (Å²) in [6.45, 7) is 0.